The first kappa shape index (κ1) is 9.26. The first-order chi connectivity index (χ1) is 5.06. The molecule has 4 heteroatoms. The number of alkyl halides is 2. The molecule has 11 heavy (non-hydrogen) atoms. The zero-order valence-electron chi connectivity index (χ0n) is 6.81. The van der Waals surface area contributed by atoms with Gasteiger partial charge in [-0.15, -0.1) is 0 Å². The van der Waals surface area contributed by atoms with Crippen molar-refractivity contribution in [3.63, 3.8) is 0 Å². The van der Waals surface area contributed by atoms with E-state index >= 15 is 0 Å². The molecule has 0 radical (unpaired) electrons. The van der Waals surface area contributed by atoms with Gasteiger partial charge in [0, 0.05) is 18.2 Å². The second kappa shape index (κ2) is 3.27. The standard InChI is InChI=1S/C7H13F2NS/c1-10-4-3-6(11-2)5-7(10,8)9/h6H,3-5H2,1-2H3. The van der Waals surface area contributed by atoms with Gasteiger partial charge in [0.05, 0.1) is 0 Å². The van der Waals surface area contributed by atoms with Gasteiger partial charge in [0.2, 0.25) is 0 Å². The van der Waals surface area contributed by atoms with Gasteiger partial charge in [0.25, 0.3) is 0 Å². The molecule has 1 heterocycles. The normalized spacial score (nSPS) is 32.2. The molecule has 0 spiro atoms. The number of halogens is 2. The second-order valence-electron chi connectivity index (χ2n) is 2.94. The van der Waals surface area contributed by atoms with E-state index < -0.39 is 6.05 Å². The Morgan fingerprint density at radius 3 is 2.64 bits per heavy atom. The SMILES string of the molecule is CSC1CCN(C)C(F)(F)C1. The van der Waals surface area contributed by atoms with E-state index in [1.165, 1.54) is 7.05 Å². The Bertz CT molecular complexity index is 140. The van der Waals surface area contributed by atoms with Gasteiger partial charge in [-0.1, -0.05) is 0 Å². The summed E-state index contributed by atoms with van der Waals surface area (Å²) in [4.78, 5) is 1.14. The number of rotatable bonds is 1. The fourth-order valence-corrected chi connectivity index (χ4v) is 1.94. The van der Waals surface area contributed by atoms with E-state index in [-0.39, 0.29) is 11.7 Å². The highest BCUT2D eigenvalue weighted by Crippen LogP contribution is 2.34. The molecule has 1 aliphatic rings. The van der Waals surface area contributed by atoms with Crippen LogP contribution in [0.4, 0.5) is 8.78 Å². The molecule has 1 atom stereocenters. The molecular formula is C7H13F2NS. The van der Waals surface area contributed by atoms with Crippen LogP contribution >= 0.6 is 11.8 Å². The third-order valence-corrected chi connectivity index (χ3v) is 3.22. The molecule has 0 N–H and O–H groups in total. The van der Waals surface area contributed by atoms with Gasteiger partial charge in [0.15, 0.2) is 0 Å². The molecule has 1 rings (SSSR count). The van der Waals surface area contributed by atoms with Crippen molar-refractivity contribution in [1.82, 2.24) is 4.90 Å². The van der Waals surface area contributed by atoms with Crippen LogP contribution in [0.25, 0.3) is 0 Å². The van der Waals surface area contributed by atoms with Crippen molar-refractivity contribution in [3.05, 3.63) is 0 Å². The fraction of sp³-hybridized carbons (Fsp3) is 1.00. The quantitative estimate of drug-likeness (QED) is 0.569. The lowest BCUT2D eigenvalue weighted by molar-refractivity contribution is -0.153. The molecule has 1 saturated heterocycles. The number of hydrogen-bond acceptors (Lipinski definition) is 2. The van der Waals surface area contributed by atoms with Crippen LogP contribution in [-0.2, 0) is 0 Å². The lowest BCUT2D eigenvalue weighted by Gasteiger charge is -2.35. The molecule has 0 aromatic rings. The molecule has 0 aromatic heterocycles. The molecule has 66 valence electrons. The highest BCUT2D eigenvalue weighted by Gasteiger charge is 2.40. The van der Waals surface area contributed by atoms with Crippen molar-refractivity contribution in [2.45, 2.75) is 24.1 Å². The molecule has 1 unspecified atom stereocenters. The fourth-order valence-electron chi connectivity index (χ4n) is 1.23. The van der Waals surface area contributed by atoms with Crippen LogP contribution in [-0.4, -0.2) is 36.0 Å². The predicted octanol–water partition coefficient (Wildman–Crippen LogP) is 2.04. The van der Waals surface area contributed by atoms with Crippen molar-refractivity contribution >= 4 is 11.8 Å². The van der Waals surface area contributed by atoms with Crippen molar-refractivity contribution in [2.24, 2.45) is 0 Å². The van der Waals surface area contributed by atoms with Crippen molar-refractivity contribution < 1.29 is 8.78 Å². The van der Waals surface area contributed by atoms with Gasteiger partial charge in [-0.2, -0.15) is 20.5 Å². The van der Waals surface area contributed by atoms with Gasteiger partial charge < -0.3 is 0 Å². The molecule has 0 aromatic carbocycles. The van der Waals surface area contributed by atoms with Gasteiger partial charge in [-0.05, 0) is 19.7 Å². The van der Waals surface area contributed by atoms with Crippen LogP contribution in [0.2, 0.25) is 0 Å². The lowest BCUT2D eigenvalue weighted by atomic mass is 10.1. The second-order valence-corrected chi connectivity index (χ2v) is 4.08. The molecular weight excluding hydrogens is 168 g/mol. The maximum atomic E-state index is 12.9. The highest BCUT2D eigenvalue weighted by molar-refractivity contribution is 7.99. The minimum atomic E-state index is -2.58. The van der Waals surface area contributed by atoms with Crippen molar-refractivity contribution in [1.29, 1.82) is 0 Å². The van der Waals surface area contributed by atoms with E-state index in [1.54, 1.807) is 11.8 Å². The van der Waals surface area contributed by atoms with Crippen LogP contribution < -0.4 is 0 Å². The zero-order valence-corrected chi connectivity index (χ0v) is 7.63. The summed E-state index contributed by atoms with van der Waals surface area (Å²) in [7, 11) is 1.48. The van der Waals surface area contributed by atoms with E-state index in [9.17, 15) is 8.78 Å². The number of hydrogen-bond donors (Lipinski definition) is 0. The van der Waals surface area contributed by atoms with E-state index in [4.69, 9.17) is 0 Å². The summed E-state index contributed by atoms with van der Waals surface area (Å²) in [5.41, 5.74) is 0. The maximum Gasteiger partial charge on any atom is 0.305 e. The molecule has 1 aliphatic heterocycles. The minimum Gasteiger partial charge on any atom is -0.248 e. The first-order valence-corrected chi connectivity index (χ1v) is 4.97. The molecule has 1 fully saturated rings. The topological polar surface area (TPSA) is 3.24 Å². The molecule has 1 nitrogen and oxygen atoms in total. The van der Waals surface area contributed by atoms with Crippen molar-refractivity contribution in [3.8, 4) is 0 Å². The van der Waals surface area contributed by atoms with Crippen LogP contribution in [0.3, 0.4) is 0 Å². The Kier molecular flexibility index (Phi) is 2.75. The summed E-state index contributed by atoms with van der Waals surface area (Å²) < 4.78 is 25.9. The number of nitrogens with zero attached hydrogens (tertiary/aromatic N) is 1. The monoisotopic (exact) mass is 181 g/mol. The molecule has 0 aliphatic carbocycles. The smallest absolute Gasteiger partial charge is 0.248 e. The third-order valence-electron chi connectivity index (χ3n) is 2.15. The lowest BCUT2D eigenvalue weighted by Crippen LogP contribution is -2.46. The number of thioether (sulfide) groups is 1. The summed E-state index contributed by atoms with van der Waals surface area (Å²) in [5, 5.41) is 0.140. The predicted molar refractivity (Wildman–Crippen MR) is 44.1 cm³/mol. The average Bonchev–Trinajstić information content (AvgIpc) is 1.95. The zero-order chi connectivity index (χ0) is 8.48. The van der Waals surface area contributed by atoms with Gasteiger partial charge in [-0.3, -0.25) is 0 Å². The number of piperidine rings is 1. The Balaban J connectivity index is 2.52. The summed E-state index contributed by atoms with van der Waals surface area (Å²) in [6, 6.07) is -2.58. The van der Waals surface area contributed by atoms with Crippen molar-refractivity contribution in [2.75, 3.05) is 19.8 Å². The third kappa shape index (κ3) is 2.06. The van der Waals surface area contributed by atoms with Crippen LogP contribution in [0.15, 0.2) is 0 Å². The van der Waals surface area contributed by atoms with Crippen LogP contribution in [0, 0.1) is 0 Å². The Morgan fingerprint density at radius 2 is 2.18 bits per heavy atom. The van der Waals surface area contributed by atoms with E-state index in [0.29, 0.717) is 6.54 Å². The molecule has 0 amide bonds. The molecule has 0 saturated carbocycles. The van der Waals surface area contributed by atoms with Crippen LogP contribution in [0.1, 0.15) is 12.8 Å². The van der Waals surface area contributed by atoms with E-state index in [1.807, 2.05) is 6.26 Å². The largest absolute Gasteiger partial charge is 0.305 e. The van der Waals surface area contributed by atoms with Crippen LogP contribution in [0.5, 0.6) is 0 Å². The Morgan fingerprint density at radius 1 is 1.55 bits per heavy atom. The first-order valence-electron chi connectivity index (χ1n) is 3.68. The summed E-state index contributed by atoms with van der Waals surface area (Å²) in [5.74, 6) is 0. The summed E-state index contributed by atoms with van der Waals surface area (Å²) in [6.07, 6.45) is 2.78. The minimum absolute atomic E-state index is 0.00463. The van der Waals surface area contributed by atoms with E-state index in [0.717, 1.165) is 11.3 Å². The highest BCUT2D eigenvalue weighted by atomic mass is 32.2. The Hall–Kier alpha value is 0.170. The Labute approximate surface area is 70.1 Å². The average molecular weight is 181 g/mol. The van der Waals surface area contributed by atoms with Gasteiger partial charge in [0.1, 0.15) is 0 Å². The summed E-state index contributed by atoms with van der Waals surface area (Å²) >= 11 is 1.54. The molecule has 0 bridgehead atoms. The van der Waals surface area contributed by atoms with E-state index in [2.05, 4.69) is 0 Å². The summed E-state index contributed by atoms with van der Waals surface area (Å²) in [6.45, 7) is 0.512. The number of likely N-dealkylation sites (tertiary alicyclic amines) is 1. The maximum absolute atomic E-state index is 12.9. The van der Waals surface area contributed by atoms with Gasteiger partial charge in [-0.25, -0.2) is 4.90 Å². The van der Waals surface area contributed by atoms with Gasteiger partial charge >= 0.3 is 6.05 Å².